The van der Waals surface area contributed by atoms with Crippen molar-refractivity contribution < 1.29 is 14.2 Å². The molecule has 0 aliphatic heterocycles. The first-order valence-electron chi connectivity index (χ1n) is 7.24. The number of halogens is 1. The van der Waals surface area contributed by atoms with E-state index in [1.165, 1.54) is 12.1 Å². The van der Waals surface area contributed by atoms with Gasteiger partial charge >= 0.3 is 0 Å². The number of rotatable bonds is 5. The van der Waals surface area contributed by atoms with Crippen molar-refractivity contribution in [3.8, 4) is 16.9 Å². The summed E-state index contributed by atoms with van der Waals surface area (Å²) < 4.78 is 20.5. The van der Waals surface area contributed by atoms with Crippen molar-refractivity contribution in [3.05, 3.63) is 71.8 Å². The molecule has 0 fully saturated rings. The predicted molar refractivity (Wildman–Crippen MR) is 85.6 cm³/mol. The molecule has 1 heterocycles. The summed E-state index contributed by atoms with van der Waals surface area (Å²) in [7, 11) is 1.57. The molecule has 3 rings (SSSR count). The van der Waals surface area contributed by atoms with Crippen LogP contribution in [0.4, 0.5) is 4.39 Å². The summed E-state index contributed by atoms with van der Waals surface area (Å²) in [6.07, 6.45) is 3.45. The van der Waals surface area contributed by atoms with Gasteiger partial charge in [0, 0.05) is 17.3 Å². The third kappa shape index (κ3) is 3.40. The minimum Gasteiger partial charge on any atom is -0.496 e. The standard InChI is InChI=1S/C18H17FN2O2/c1-23-18-7-6-16(19)8-17(18)15-4-2-13(3-5-15)10-21-11-14(12-22)9-20-21/h2-9,11,22H,10,12H2,1H3. The molecule has 2 aromatic carbocycles. The quantitative estimate of drug-likeness (QED) is 0.787. The lowest BCUT2D eigenvalue weighted by molar-refractivity contribution is 0.281. The molecule has 0 radical (unpaired) electrons. The lowest BCUT2D eigenvalue weighted by atomic mass is 10.0. The molecule has 5 heteroatoms. The predicted octanol–water partition coefficient (Wildman–Crippen LogP) is 3.24. The van der Waals surface area contributed by atoms with Gasteiger partial charge in [-0.1, -0.05) is 24.3 Å². The summed E-state index contributed by atoms with van der Waals surface area (Å²) in [5.41, 5.74) is 3.46. The average Bonchev–Trinajstić information content (AvgIpc) is 3.03. The normalized spacial score (nSPS) is 10.7. The van der Waals surface area contributed by atoms with Crippen molar-refractivity contribution in [1.82, 2.24) is 9.78 Å². The van der Waals surface area contributed by atoms with Crippen molar-refractivity contribution >= 4 is 0 Å². The number of aromatic nitrogens is 2. The maximum atomic E-state index is 13.5. The topological polar surface area (TPSA) is 47.3 Å². The monoisotopic (exact) mass is 312 g/mol. The largest absolute Gasteiger partial charge is 0.496 e. The van der Waals surface area contributed by atoms with E-state index in [0.717, 1.165) is 22.3 Å². The highest BCUT2D eigenvalue weighted by molar-refractivity contribution is 5.70. The van der Waals surface area contributed by atoms with Gasteiger partial charge in [0.15, 0.2) is 0 Å². The lowest BCUT2D eigenvalue weighted by Crippen LogP contribution is -1.99. The third-order valence-corrected chi connectivity index (χ3v) is 3.64. The number of hydrogen-bond acceptors (Lipinski definition) is 3. The van der Waals surface area contributed by atoms with E-state index in [1.807, 2.05) is 30.5 Å². The van der Waals surface area contributed by atoms with Crippen LogP contribution in [0.1, 0.15) is 11.1 Å². The number of methoxy groups -OCH3 is 1. The molecule has 0 unspecified atom stereocenters. The minimum absolute atomic E-state index is 0.0156. The van der Waals surface area contributed by atoms with Crippen molar-refractivity contribution in [1.29, 1.82) is 0 Å². The summed E-state index contributed by atoms with van der Waals surface area (Å²) in [6, 6.07) is 12.3. The van der Waals surface area contributed by atoms with Crippen molar-refractivity contribution in [2.75, 3.05) is 7.11 Å². The Hall–Kier alpha value is -2.66. The van der Waals surface area contributed by atoms with Crippen molar-refractivity contribution in [3.63, 3.8) is 0 Å². The number of benzene rings is 2. The maximum absolute atomic E-state index is 13.5. The summed E-state index contributed by atoms with van der Waals surface area (Å²) in [6.45, 7) is 0.596. The van der Waals surface area contributed by atoms with Gasteiger partial charge in [-0.3, -0.25) is 4.68 Å². The molecule has 0 aliphatic carbocycles. The Balaban J connectivity index is 1.83. The van der Waals surface area contributed by atoms with Gasteiger partial charge < -0.3 is 9.84 Å². The molecule has 0 spiro atoms. The third-order valence-electron chi connectivity index (χ3n) is 3.64. The molecule has 1 N–H and O–H groups in total. The molecule has 0 bridgehead atoms. The highest BCUT2D eigenvalue weighted by Crippen LogP contribution is 2.30. The van der Waals surface area contributed by atoms with Crippen LogP contribution in [0, 0.1) is 5.82 Å². The molecule has 0 atom stereocenters. The molecule has 3 aromatic rings. The Bertz CT molecular complexity index is 797. The number of aliphatic hydroxyl groups is 1. The molecule has 0 saturated heterocycles. The molecule has 23 heavy (non-hydrogen) atoms. The summed E-state index contributed by atoms with van der Waals surface area (Å²) >= 11 is 0. The van der Waals surface area contributed by atoms with Gasteiger partial charge in [0.05, 0.1) is 26.5 Å². The lowest BCUT2D eigenvalue weighted by Gasteiger charge is -2.10. The number of aliphatic hydroxyl groups excluding tert-OH is 1. The van der Waals surface area contributed by atoms with Crippen LogP contribution < -0.4 is 4.74 Å². The molecule has 118 valence electrons. The van der Waals surface area contributed by atoms with E-state index in [0.29, 0.717) is 12.3 Å². The van der Waals surface area contributed by atoms with Gasteiger partial charge in [-0.15, -0.1) is 0 Å². The van der Waals surface area contributed by atoms with Crippen LogP contribution >= 0.6 is 0 Å². The van der Waals surface area contributed by atoms with Gasteiger partial charge in [-0.05, 0) is 29.3 Å². The fourth-order valence-corrected chi connectivity index (χ4v) is 2.46. The van der Waals surface area contributed by atoms with Gasteiger partial charge in [-0.2, -0.15) is 5.10 Å². The maximum Gasteiger partial charge on any atom is 0.126 e. The Morgan fingerprint density at radius 1 is 1.13 bits per heavy atom. The molecule has 4 nitrogen and oxygen atoms in total. The van der Waals surface area contributed by atoms with Gasteiger partial charge in [0.1, 0.15) is 11.6 Å². The first-order valence-corrected chi connectivity index (χ1v) is 7.24. The first kappa shape index (κ1) is 15.2. The van der Waals surface area contributed by atoms with Gasteiger partial charge in [0.2, 0.25) is 0 Å². The number of hydrogen-bond donors (Lipinski definition) is 1. The fourth-order valence-electron chi connectivity index (χ4n) is 2.46. The Morgan fingerprint density at radius 2 is 1.91 bits per heavy atom. The smallest absolute Gasteiger partial charge is 0.126 e. The Kier molecular flexibility index (Phi) is 4.39. The van der Waals surface area contributed by atoms with Crippen LogP contribution in [-0.4, -0.2) is 22.0 Å². The highest BCUT2D eigenvalue weighted by Gasteiger charge is 2.07. The molecule has 0 aliphatic rings. The molecule has 1 aromatic heterocycles. The van der Waals surface area contributed by atoms with E-state index in [2.05, 4.69) is 5.10 Å². The van der Waals surface area contributed by atoms with Crippen LogP contribution in [0.3, 0.4) is 0 Å². The SMILES string of the molecule is COc1ccc(F)cc1-c1ccc(Cn2cc(CO)cn2)cc1. The summed E-state index contributed by atoms with van der Waals surface area (Å²) in [5, 5.41) is 13.2. The molecular formula is C18H17FN2O2. The van der Waals surface area contributed by atoms with Crippen molar-refractivity contribution in [2.45, 2.75) is 13.2 Å². The van der Waals surface area contributed by atoms with Crippen LogP contribution in [0.15, 0.2) is 54.9 Å². The van der Waals surface area contributed by atoms with Crippen LogP contribution in [-0.2, 0) is 13.2 Å². The average molecular weight is 312 g/mol. The van der Waals surface area contributed by atoms with Crippen LogP contribution in [0.5, 0.6) is 5.75 Å². The Labute approximate surface area is 133 Å². The van der Waals surface area contributed by atoms with E-state index in [-0.39, 0.29) is 12.4 Å². The zero-order chi connectivity index (χ0) is 16.2. The molecule has 0 amide bonds. The van der Waals surface area contributed by atoms with Crippen molar-refractivity contribution in [2.24, 2.45) is 0 Å². The first-order chi connectivity index (χ1) is 11.2. The second-order valence-electron chi connectivity index (χ2n) is 5.25. The molecule has 0 saturated carbocycles. The second kappa shape index (κ2) is 6.62. The Morgan fingerprint density at radius 3 is 2.57 bits per heavy atom. The summed E-state index contributed by atoms with van der Waals surface area (Å²) in [4.78, 5) is 0. The van der Waals surface area contributed by atoms with Gasteiger partial charge in [-0.25, -0.2) is 4.39 Å². The van der Waals surface area contributed by atoms with E-state index in [9.17, 15) is 4.39 Å². The minimum atomic E-state index is -0.294. The van der Waals surface area contributed by atoms with E-state index >= 15 is 0 Å². The fraction of sp³-hybridized carbons (Fsp3) is 0.167. The van der Waals surface area contributed by atoms with Gasteiger partial charge in [0.25, 0.3) is 0 Å². The van der Waals surface area contributed by atoms with E-state index < -0.39 is 0 Å². The van der Waals surface area contributed by atoms with Crippen LogP contribution in [0.25, 0.3) is 11.1 Å². The number of ether oxygens (including phenoxy) is 1. The highest BCUT2D eigenvalue weighted by atomic mass is 19.1. The zero-order valence-electron chi connectivity index (χ0n) is 12.7. The molecular weight excluding hydrogens is 295 g/mol. The second-order valence-corrected chi connectivity index (χ2v) is 5.25. The van der Waals surface area contributed by atoms with E-state index in [1.54, 1.807) is 24.1 Å². The number of nitrogens with zero attached hydrogens (tertiary/aromatic N) is 2. The summed E-state index contributed by atoms with van der Waals surface area (Å²) in [5.74, 6) is 0.344. The van der Waals surface area contributed by atoms with E-state index in [4.69, 9.17) is 9.84 Å². The zero-order valence-corrected chi connectivity index (χ0v) is 12.7. The van der Waals surface area contributed by atoms with Crippen LogP contribution in [0.2, 0.25) is 0 Å².